The number of anilines is 1. The second-order valence-electron chi connectivity index (χ2n) is 4.64. The van der Waals surface area contributed by atoms with Crippen molar-refractivity contribution in [2.75, 3.05) is 25.6 Å². The number of hydrogen-bond acceptors (Lipinski definition) is 4. The SMILES string of the molecule is COc1cc(NCc2cccc3c2OCCO3)ccc1Cl. The number of para-hydroxylation sites is 1. The molecule has 0 unspecified atom stereocenters. The topological polar surface area (TPSA) is 39.7 Å². The predicted molar refractivity (Wildman–Crippen MR) is 82.8 cm³/mol. The normalized spacial score (nSPS) is 12.9. The third-order valence-electron chi connectivity index (χ3n) is 3.28. The van der Waals surface area contributed by atoms with Crippen molar-refractivity contribution in [3.05, 3.63) is 47.0 Å². The van der Waals surface area contributed by atoms with Crippen LogP contribution in [0.1, 0.15) is 5.56 Å². The number of rotatable bonds is 4. The number of benzene rings is 2. The molecule has 0 aliphatic carbocycles. The third-order valence-corrected chi connectivity index (χ3v) is 3.59. The molecule has 5 heteroatoms. The van der Waals surface area contributed by atoms with Crippen molar-refractivity contribution in [1.82, 2.24) is 0 Å². The monoisotopic (exact) mass is 305 g/mol. The van der Waals surface area contributed by atoms with Crippen molar-refractivity contribution in [2.24, 2.45) is 0 Å². The van der Waals surface area contributed by atoms with Gasteiger partial charge in [0.15, 0.2) is 11.5 Å². The van der Waals surface area contributed by atoms with Gasteiger partial charge in [-0.2, -0.15) is 0 Å². The number of methoxy groups -OCH3 is 1. The molecule has 21 heavy (non-hydrogen) atoms. The van der Waals surface area contributed by atoms with Crippen LogP contribution in [0.5, 0.6) is 17.2 Å². The summed E-state index contributed by atoms with van der Waals surface area (Å²) in [6.45, 7) is 1.81. The average Bonchev–Trinajstić information content (AvgIpc) is 2.54. The smallest absolute Gasteiger partial charge is 0.166 e. The van der Waals surface area contributed by atoms with Crippen LogP contribution in [-0.4, -0.2) is 20.3 Å². The van der Waals surface area contributed by atoms with Gasteiger partial charge >= 0.3 is 0 Å². The Morgan fingerprint density at radius 3 is 2.90 bits per heavy atom. The second-order valence-corrected chi connectivity index (χ2v) is 5.05. The molecule has 0 radical (unpaired) electrons. The maximum atomic E-state index is 6.02. The predicted octanol–water partition coefficient (Wildman–Crippen LogP) is 3.73. The molecule has 0 spiro atoms. The van der Waals surface area contributed by atoms with E-state index in [1.807, 2.05) is 36.4 Å². The Balaban J connectivity index is 1.76. The maximum Gasteiger partial charge on any atom is 0.166 e. The highest BCUT2D eigenvalue weighted by molar-refractivity contribution is 6.32. The fourth-order valence-corrected chi connectivity index (χ4v) is 2.44. The molecule has 1 aliphatic rings. The Morgan fingerprint density at radius 2 is 2.05 bits per heavy atom. The van der Waals surface area contributed by atoms with E-state index in [9.17, 15) is 0 Å². The zero-order valence-corrected chi connectivity index (χ0v) is 12.4. The van der Waals surface area contributed by atoms with Gasteiger partial charge in [0.2, 0.25) is 0 Å². The summed E-state index contributed by atoms with van der Waals surface area (Å²) in [5.74, 6) is 2.27. The van der Waals surface area contributed by atoms with Crippen molar-refractivity contribution < 1.29 is 14.2 Å². The summed E-state index contributed by atoms with van der Waals surface area (Å²) < 4.78 is 16.5. The fraction of sp³-hybridized carbons (Fsp3) is 0.250. The van der Waals surface area contributed by atoms with E-state index in [-0.39, 0.29) is 0 Å². The first-order valence-corrected chi connectivity index (χ1v) is 7.10. The summed E-state index contributed by atoms with van der Waals surface area (Å²) in [7, 11) is 1.60. The van der Waals surface area contributed by atoms with Gasteiger partial charge in [0, 0.05) is 23.9 Å². The lowest BCUT2D eigenvalue weighted by Gasteiger charge is -2.21. The van der Waals surface area contributed by atoms with Gasteiger partial charge in [0.25, 0.3) is 0 Å². The van der Waals surface area contributed by atoms with E-state index in [1.165, 1.54) is 0 Å². The molecule has 2 aromatic rings. The van der Waals surface area contributed by atoms with E-state index >= 15 is 0 Å². The Morgan fingerprint density at radius 1 is 1.19 bits per heavy atom. The standard InChI is InChI=1S/C16H16ClNO3/c1-19-15-9-12(5-6-13(15)17)18-10-11-3-2-4-14-16(11)21-8-7-20-14/h2-6,9,18H,7-8,10H2,1H3. The summed E-state index contributed by atoms with van der Waals surface area (Å²) in [5.41, 5.74) is 1.99. The molecule has 0 saturated carbocycles. The minimum absolute atomic E-state index is 0.582. The van der Waals surface area contributed by atoms with E-state index in [4.69, 9.17) is 25.8 Å². The summed E-state index contributed by atoms with van der Waals surface area (Å²) in [6.07, 6.45) is 0. The molecule has 3 rings (SSSR count). The lowest BCUT2D eigenvalue weighted by atomic mass is 10.1. The van der Waals surface area contributed by atoms with Crippen LogP contribution in [0.2, 0.25) is 5.02 Å². The van der Waals surface area contributed by atoms with Gasteiger partial charge < -0.3 is 19.5 Å². The minimum atomic E-state index is 0.582. The third kappa shape index (κ3) is 3.00. The van der Waals surface area contributed by atoms with Crippen LogP contribution in [0.4, 0.5) is 5.69 Å². The Labute approximate surface area is 128 Å². The molecule has 0 amide bonds. The van der Waals surface area contributed by atoms with Crippen LogP contribution in [-0.2, 0) is 6.54 Å². The quantitative estimate of drug-likeness (QED) is 0.934. The lowest BCUT2D eigenvalue weighted by Crippen LogP contribution is -2.17. The van der Waals surface area contributed by atoms with Crippen molar-refractivity contribution in [3.63, 3.8) is 0 Å². The molecule has 0 fully saturated rings. The molecule has 0 atom stereocenters. The highest BCUT2D eigenvalue weighted by atomic mass is 35.5. The summed E-state index contributed by atoms with van der Waals surface area (Å²) >= 11 is 6.02. The van der Waals surface area contributed by atoms with Crippen LogP contribution in [0.15, 0.2) is 36.4 Å². The molecule has 2 aromatic carbocycles. The molecule has 1 heterocycles. The van der Waals surface area contributed by atoms with E-state index in [0.717, 1.165) is 22.7 Å². The number of halogens is 1. The van der Waals surface area contributed by atoms with Crippen LogP contribution in [0.3, 0.4) is 0 Å². The molecular formula is C16H16ClNO3. The minimum Gasteiger partial charge on any atom is -0.495 e. The van der Waals surface area contributed by atoms with E-state index in [0.29, 0.717) is 30.5 Å². The second kappa shape index (κ2) is 6.14. The molecule has 110 valence electrons. The zero-order chi connectivity index (χ0) is 14.7. The van der Waals surface area contributed by atoms with Gasteiger partial charge in [-0.1, -0.05) is 23.7 Å². The van der Waals surface area contributed by atoms with Crippen LogP contribution >= 0.6 is 11.6 Å². The molecule has 0 saturated heterocycles. The van der Waals surface area contributed by atoms with Crippen LogP contribution < -0.4 is 19.5 Å². The van der Waals surface area contributed by atoms with Gasteiger partial charge in [-0.05, 0) is 18.2 Å². The first-order chi connectivity index (χ1) is 10.3. The van der Waals surface area contributed by atoms with Crippen molar-refractivity contribution >= 4 is 17.3 Å². The van der Waals surface area contributed by atoms with Crippen molar-refractivity contribution in [3.8, 4) is 17.2 Å². The average molecular weight is 306 g/mol. The van der Waals surface area contributed by atoms with Gasteiger partial charge in [-0.3, -0.25) is 0 Å². The van der Waals surface area contributed by atoms with Crippen molar-refractivity contribution in [2.45, 2.75) is 6.54 Å². The number of nitrogens with one attached hydrogen (secondary N) is 1. The largest absolute Gasteiger partial charge is 0.495 e. The highest BCUT2D eigenvalue weighted by Gasteiger charge is 2.15. The van der Waals surface area contributed by atoms with E-state index in [2.05, 4.69) is 5.32 Å². The molecule has 4 nitrogen and oxygen atoms in total. The fourth-order valence-electron chi connectivity index (χ4n) is 2.24. The molecule has 0 aromatic heterocycles. The van der Waals surface area contributed by atoms with Crippen LogP contribution in [0, 0.1) is 0 Å². The maximum absolute atomic E-state index is 6.02. The van der Waals surface area contributed by atoms with Gasteiger partial charge in [0.1, 0.15) is 19.0 Å². The molecular weight excluding hydrogens is 290 g/mol. The van der Waals surface area contributed by atoms with Crippen LogP contribution in [0.25, 0.3) is 0 Å². The Kier molecular flexibility index (Phi) is 4.06. The molecule has 1 aliphatic heterocycles. The number of ether oxygens (including phenoxy) is 3. The van der Waals surface area contributed by atoms with Gasteiger partial charge in [0.05, 0.1) is 12.1 Å². The summed E-state index contributed by atoms with van der Waals surface area (Å²) in [4.78, 5) is 0. The van der Waals surface area contributed by atoms with Crippen molar-refractivity contribution in [1.29, 1.82) is 0 Å². The molecule has 1 N–H and O–H groups in total. The van der Waals surface area contributed by atoms with E-state index in [1.54, 1.807) is 7.11 Å². The zero-order valence-electron chi connectivity index (χ0n) is 11.7. The van der Waals surface area contributed by atoms with Gasteiger partial charge in [-0.15, -0.1) is 0 Å². The number of fused-ring (bicyclic) bond motifs is 1. The highest BCUT2D eigenvalue weighted by Crippen LogP contribution is 2.34. The first-order valence-electron chi connectivity index (χ1n) is 6.73. The first kappa shape index (κ1) is 13.9. The Hall–Kier alpha value is -2.07. The van der Waals surface area contributed by atoms with Gasteiger partial charge in [-0.25, -0.2) is 0 Å². The lowest BCUT2D eigenvalue weighted by molar-refractivity contribution is 0.170. The Bertz CT molecular complexity index is 645. The summed E-state index contributed by atoms with van der Waals surface area (Å²) in [6, 6.07) is 11.5. The summed E-state index contributed by atoms with van der Waals surface area (Å²) in [5, 5.41) is 3.93. The van der Waals surface area contributed by atoms with E-state index < -0.39 is 0 Å². The number of hydrogen-bond donors (Lipinski definition) is 1. The molecule has 0 bridgehead atoms.